The smallest absolute Gasteiger partial charge is 0.228 e. The van der Waals surface area contributed by atoms with E-state index in [9.17, 15) is 18.4 Å². The molecule has 1 aliphatic rings. The van der Waals surface area contributed by atoms with Crippen molar-refractivity contribution in [1.82, 2.24) is 14.8 Å². The first-order valence-electron chi connectivity index (χ1n) is 11.4. The lowest BCUT2D eigenvalue weighted by molar-refractivity contribution is -0.139. The Bertz CT molecular complexity index is 1140. The molecule has 2 amide bonds. The lowest BCUT2D eigenvalue weighted by atomic mass is 9.98. The van der Waals surface area contributed by atoms with Crippen LogP contribution in [-0.4, -0.2) is 33.1 Å². The van der Waals surface area contributed by atoms with Crippen molar-refractivity contribution in [1.29, 1.82) is 0 Å². The number of benzene rings is 2. The standard InChI is InChI=1S/C27H27F2N3O2/c1-2-25(20-9-11-22(28)12-10-20)32(16-19-6-5-7-23(29)14-19)27(34)21-15-26(33)31(17-21)18-24-8-3-4-13-30-24/h3-14,21,25H,2,15-18H2,1H3. The van der Waals surface area contributed by atoms with Crippen LogP contribution in [0.5, 0.6) is 0 Å². The van der Waals surface area contributed by atoms with E-state index in [0.717, 1.165) is 11.3 Å². The summed E-state index contributed by atoms with van der Waals surface area (Å²) in [7, 11) is 0. The van der Waals surface area contributed by atoms with Gasteiger partial charge in [0.25, 0.3) is 0 Å². The Morgan fingerprint density at radius 1 is 1.09 bits per heavy atom. The van der Waals surface area contributed by atoms with Crippen LogP contribution < -0.4 is 0 Å². The van der Waals surface area contributed by atoms with E-state index in [0.29, 0.717) is 25.1 Å². The van der Waals surface area contributed by atoms with E-state index in [1.54, 1.807) is 40.3 Å². The number of amides is 2. The number of likely N-dealkylation sites (tertiary alicyclic amines) is 1. The molecule has 0 spiro atoms. The summed E-state index contributed by atoms with van der Waals surface area (Å²) in [6, 6.07) is 17.4. The highest BCUT2D eigenvalue weighted by molar-refractivity contribution is 5.89. The quantitative estimate of drug-likeness (QED) is 0.478. The van der Waals surface area contributed by atoms with E-state index in [1.165, 1.54) is 24.3 Å². The zero-order chi connectivity index (χ0) is 24.1. The van der Waals surface area contributed by atoms with E-state index in [-0.39, 0.29) is 42.5 Å². The molecule has 1 saturated heterocycles. The highest BCUT2D eigenvalue weighted by Crippen LogP contribution is 2.31. The summed E-state index contributed by atoms with van der Waals surface area (Å²) in [6.07, 6.45) is 2.38. The summed E-state index contributed by atoms with van der Waals surface area (Å²) in [5.41, 5.74) is 2.21. The lowest BCUT2D eigenvalue weighted by Crippen LogP contribution is -2.39. The zero-order valence-corrected chi connectivity index (χ0v) is 19.0. The van der Waals surface area contributed by atoms with Gasteiger partial charge in [-0.15, -0.1) is 0 Å². The first-order chi connectivity index (χ1) is 16.4. The number of aromatic nitrogens is 1. The third kappa shape index (κ3) is 5.47. The van der Waals surface area contributed by atoms with Gasteiger partial charge in [0.1, 0.15) is 11.6 Å². The lowest BCUT2D eigenvalue weighted by Gasteiger charge is -2.34. The van der Waals surface area contributed by atoms with Crippen molar-refractivity contribution in [2.24, 2.45) is 5.92 Å². The average molecular weight is 464 g/mol. The molecule has 2 atom stereocenters. The van der Waals surface area contributed by atoms with Gasteiger partial charge in [-0.25, -0.2) is 8.78 Å². The van der Waals surface area contributed by atoms with Crippen LogP contribution in [0, 0.1) is 17.6 Å². The summed E-state index contributed by atoms with van der Waals surface area (Å²) in [6.45, 7) is 2.79. The second kappa shape index (κ2) is 10.5. The normalized spacial score (nSPS) is 16.5. The molecule has 0 N–H and O–H groups in total. The number of hydrogen-bond acceptors (Lipinski definition) is 3. The van der Waals surface area contributed by atoms with Crippen LogP contribution >= 0.6 is 0 Å². The van der Waals surface area contributed by atoms with E-state index in [1.807, 2.05) is 25.1 Å². The largest absolute Gasteiger partial charge is 0.336 e. The number of nitrogens with zero attached hydrogens (tertiary/aromatic N) is 3. The Labute approximate surface area is 198 Å². The second-order valence-corrected chi connectivity index (χ2v) is 8.57. The van der Waals surface area contributed by atoms with Crippen LogP contribution in [0.4, 0.5) is 8.78 Å². The summed E-state index contributed by atoms with van der Waals surface area (Å²) in [5.74, 6) is -1.51. The van der Waals surface area contributed by atoms with Gasteiger partial charge in [-0.2, -0.15) is 0 Å². The summed E-state index contributed by atoms with van der Waals surface area (Å²) in [4.78, 5) is 34.1. The molecule has 7 heteroatoms. The molecule has 2 unspecified atom stereocenters. The zero-order valence-electron chi connectivity index (χ0n) is 19.0. The highest BCUT2D eigenvalue weighted by Gasteiger charge is 2.38. The molecule has 2 heterocycles. The minimum atomic E-state index is -0.515. The van der Waals surface area contributed by atoms with Crippen LogP contribution in [0.1, 0.15) is 42.6 Å². The van der Waals surface area contributed by atoms with Crippen molar-refractivity contribution in [3.8, 4) is 0 Å². The van der Waals surface area contributed by atoms with Gasteiger partial charge in [0.05, 0.1) is 24.2 Å². The second-order valence-electron chi connectivity index (χ2n) is 8.57. The molecule has 4 rings (SSSR count). The number of rotatable bonds is 8. The van der Waals surface area contributed by atoms with Crippen LogP contribution in [-0.2, 0) is 22.7 Å². The first kappa shape index (κ1) is 23.5. The van der Waals surface area contributed by atoms with Gasteiger partial charge < -0.3 is 9.80 Å². The van der Waals surface area contributed by atoms with Crippen molar-refractivity contribution in [2.75, 3.05) is 6.54 Å². The van der Waals surface area contributed by atoms with Crippen molar-refractivity contribution in [3.63, 3.8) is 0 Å². The molecule has 0 radical (unpaired) electrons. The maximum atomic E-state index is 13.9. The summed E-state index contributed by atoms with van der Waals surface area (Å²) >= 11 is 0. The number of pyridine rings is 1. The van der Waals surface area contributed by atoms with Crippen molar-refractivity contribution >= 4 is 11.8 Å². The molecular weight excluding hydrogens is 436 g/mol. The highest BCUT2D eigenvalue weighted by atomic mass is 19.1. The summed E-state index contributed by atoms with van der Waals surface area (Å²) < 4.78 is 27.4. The molecule has 0 aliphatic carbocycles. The predicted octanol–water partition coefficient (Wildman–Crippen LogP) is 4.89. The Morgan fingerprint density at radius 3 is 2.56 bits per heavy atom. The number of carbonyl (C=O) groups is 2. The molecule has 5 nitrogen and oxygen atoms in total. The predicted molar refractivity (Wildman–Crippen MR) is 124 cm³/mol. The fourth-order valence-corrected chi connectivity index (χ4v) is 4.51. The van der Waals surface area contributed by atoms with Crippen LogP contribution in [0.3, 0.4) is 0 Å². The van der Waals surface area contributed by atoms with Crippen molar-refractivity contribution in [2.45, 2.75) is 38.9 Å². The molecular formula is C27H27F2N3O2. The SMILES string of the molecule is CCC(c1ccc(F)cc1)N(Cc1cccc(F)c1)C(=O)C1CC(=O)N(Cc2ccccn2)C1. The molecule has 1 aliphatic heterocycles. The topological polar surface area (TPSA) is 53.5 Å². The molecule has 3 aromatic rings. The molecule has 1 aromatic heterocycles. The van der Waals surface area contributed by atoms with Gasteiger partial charge in [-0.05, 0) is 53.9 Å². The fraction of sp³-hybridized carbons (Fsp3) is 0.296. The Kier molecular flexibility index (Phi) is 7.30. The average Bonchev–Trinajstić information content (AvgIpc) is 3.20. The monoisotopic (exact) mass is 463 g/mol. The molecule has 34 heavy (non-hydrogen) atoms. The molecule has 0 bridgehead atoms. The minimum absolute atomic E-state index is 0.0930. The van der Waals surface area contributed by atoms with E-state index in [4.69, 9.17) is 0 Å². The number of hydrogen-bond donors (Lipinski definition) is 0. The van der Waals surface area contributed by atoms with Crippen LogP contribution in [0.25, 0.3) is 0 Å². The van der Waals surface area contributed by atoms with Gasteiger partial charge in [0.2, 0.25) is 11.8 Å². The van der Waals surface area contributed by atoms with Crippen molar-refractivity contribution < 1.29 is 18.4 Å². The Hall–Kier alpha value is -3.61. The maximum absolute atomic E-state index is 13.9. The van der Waals surface area contributed by atoms with E-state index >= 15 is 0 Å². The van der Waals surface area contributed by atoms with Crippen LogP contribution in [0.15, 0.2) is 72.9 Å². The minimum Gasteiger partial charge on any atom is -0.336 e. The third-order valence-corrected chi connectivity index (χ3v) is 6.19. The van der Waals surface area contributed by atoms with Crippen molar-refractivity contribution in [3.05, 3.63) is 101 Å². The molecule has 0 saturated carbocycles. The van der Waals surface area contributed by atoms with Gasteiger partial charge >= 0.3 is 0 Å². The maximum Gasteiger partial charge on any atom is 0.228 e. The first-order valence-corrected chi connectivity index (χ1v) is 11.4. The molecule has 176 valence electrons. The van der Waals surface area contributed by atoms with E-state index < -0.39 is 5.92 Å². The number of halogens is 2. The number of carbonyl (C=O) groups excluding carboxylic acids is 2. The van der Waals surface area contributed by atoms with E-state index in [2.05, 4.69) is 4.98 Å². The fourth-order valence-electron chi connectivity index (χ4n) is 4.51. The van der Waals surface area contributed by atoms with Gasteiger partial charge in [0.15, 0.2) is 0 Å². The van der Waals surface area contributed by atoms with Gasteiger partial charge in [-0.3, -0.25) is 14.6 Å². The molecule has 1 fully saturated rings. The van der Waals surface area contributed by atoms with Gasteiger partial charge in [0, 0.05) is 25.7 Å². The third-order valence-electron chi connectivity index (χ3n) is 6.19. The Balaban J connectivity index is 1.59. The van der Waals surface area contributed by atoms with Crippen LogP contribution in [0.2, 0.25) is 0 Å². The summed E-state index contributed by atoms with van der Waals surface area (Å²) in [5, 5.41) is 0. The Morgan fingerprint density at radius 2 is 1.88 bits per heavy atom. The van der Waals surface area contributed by atoms with Gasteiger partial charge in [-0.1, -0.05) is 37.3 Å². The molecule has 2 aromatic carbocycles.